The molecule has 5 nitrogen and oxygen atoms in total. The second kappa shape index (κ2) is 6.42. The van der Waals surface area contributed by atoms with Crippen LogP contribution in [0.1, 0.15) is 6.42 Å². The number of nitrogens with one attached hydrogen (secondary N) is 1. The lowest BCUT2D eigenvalue weighted by molar-refractivity contribution is -0.138. The summed E-state index contributed by atoms with van der Waals surface area (Å²) in [4.78, 5) is 25.0. The minimum atomic E-state index is -1.05. The predicted molar refractivity (Wildman–Crippen MR) is 67.0 cm³/mol. The summed E-state index contributed by atoms with van der Waals surface area (Å²) >= 11 is 0. The zero-order valence-corrected chi connectivity index (χ0v) is 10.7. The number of carbonyl (C=O) groups excluding carboxylic acids is 2. The second-order valence-corrected chi connectivity index (χ2v) is 4.35. The van der Waals surface area contributed by atoms with E-state index in [4.69, 9.17) is 4.74 Å². The summed E-state index contributed by atoms with van der Waals surface area (Å²) in [6, 6.07) is 3.01. The van der Waals surface area contributed by atoms with Gasteiger partial charge in [0.15, 0.2) is 11.6 Å². The third-order valence-corrected chi connectivity index (χ3v) is 2.88. The maximum atomic E-state index is 13.0. The Bertz CT molecular complexity index is 516. The van der Waals surface area contributed by atoms with Gasteiger partial charge in [-0.05, 0) is 12.1 Å². The first-order valence-corrected chi connectivity index (χ1v) is 6.16. The Morgan fingerprint density at radius 1 is 1.20 bits per heavy atom. The molecule has 1 aliphatic heterocycles. The van der Waals surface area contributed by atoms with Crippen molar-refractivity contribution in [2.24, 2.45) is 0 Å². The van der Waals surface area contributed by atoms with E-state index in [1.54, 1.807) is 0 Å². The molecule has 7 heteroatoms. The van der Waals surface area contributed by atoms with E-state index < -0.39 is 17.5 Å². The number of benzene rings is 1. The van der Waals surface area contributed by atoms with Crippen molar-refractivity contribution >= 4 is 17.5 Å². The monoisotopic (exact) mass is 284 g/mol. The van der Waals surface area contributed by atoms with Gasteiger partial charge in [0.2, 0.25) is 11.8 Å². The number of nitrogens with zero attached hydrogens (tertiary/aromatic N) is 1. The number of ether oxygens (including phenoxy) is 1. The highest BCUT2D eigenvalue weighted by atomic mass is 19.2. The first-order valence-electron chi connectivity index (χ1n) is 6.16. The number of hydrogen-bond donors (Lipinski definition) is 1. The van der Waals surface area contributed by atoms with Crippen LogP contribution >= 0.6 is 0 Å². The molecular weight excluding hydrogens is 270 g/mol. The van der Waals surface area contributed by atoms with Crippen LogP contribution in [-0.4, -0.2) is 43.0 Å². The van der Waals surface area contributed by atoms with E-state index in [1.165, 1.54) is 11.0 Å². The summed E-state index contributed by atoms with van der Waals surface area (Å²) in [5, 5.41) is 2.36. The van der Waals surface area contributed by atoms with Crippen LogP contribution < -0.4 is 5.32 Å². The molecule has 20 heavy (non-hydrogen) atoms. The SMILES string of the molecule is O=C(CC(=O)N1CCOCC1)Nc1ccc(F)c(F)c1. The van der Waals surface area contributed by atoms with Gasteiger partial charge in [-0.15, -0.1) is 0 Å². The number of amides is 2. The van der Waals surface area contributed by atoms with Crippen LogP contribution in [0.5, 0.6) is 0 Å². The van der Waals surface area contributed by atoms with Crippen LogP contribution in [-0.2, 0) is 14.3 Å². The zero-order chi connectivity index (χ0) is 14.5. The van der Waals surface area contributed by atoms with E-state index >= 15 is 0 Å². The minimum absolute atomic E-state index is 0.115. The van der Waals surface area contributed by atoms with E-state index in [-0.39, 0.29) is 18.0 Å². The third kappa shape index (κ3) is 3.74. The van der Waals surface area contributed by atoms with Crippen molar-refractivity contribution in [3.63, 3.8) is 0 Å². The summed E-state index contributed by atoms with van der Waals surface area (Å²) in [5.41, 5.74) is 0.115. The lowest BCUT2D eigenvalue weighted by atomic mass is 10.2. The van der Waals surface area contributed by atoms with Crippen LogP contribution in [0.25, 0.3) is 0 Å². The molecule has 1 aromatic rings. The van der Waals surface area contributed by atoms with Crippen molar-refractivity contribution in [3.05, 3.63) is 29.8 Å². The molecule has 0 unspecified atom stereocenters. The molecule has 1 aliphatic rings. The summed E-state index contributed by atoms with van der Waals surface area (Å²) in [5.74, 6) is -2.92. The van der Waals surface area contributed by atoms with Gasteiger partial charge in [-0.25, -0.2) is 8.78 Å². The Labute approximate surface area is 114 Å². The highest BCUT2D eigenvalue weighted by molar-refractivity contribution is 6.03. The Hall–Kier alpha value is -2.02. The first-order chi connectivity index (χ1) is 9.56. The fourth-order valence-electron chi connectivity index (χ4n) is 1.84. The second-order valence-electron chi connectivity index (χ2n) is 4.35. The quantitative estimate of drug-likeness (QED) is 0.847. The Morgan fingerprint density at radius 3 is 2.55 bits per heavy atom. The number of carbonyl (C=O) groups is 2. The molecule has 1 aromatic carbocycles. The molecule has 1 N–H and O–H groups in total. The molecular formula is C13H14F2N2O3. The molecule has 1 saturated heterocycles. The topological polar surface area (TPSA) is 58.6 Å². The molecule has 0 aliphatic carbocycles. The van der Waals surface area contributed by atoms with E-state index in [2.05, 4.69) is 5.32 Å². The van der Waals surface area contributed by atoms with Gasteiger partial charge in [0.25, 0.3) is 0 Å². The third-order valence-electron chi connectivity index (χ3n) is 2.88. The molecule has 2 rings (SSSR count). The minimum Gasteiger partial charge on any atom is -0.378 e. The standard InChI is InChI=1S/C13H14F2N2O3/c14-10-2-1-9(7-11(10)15)16-12(18)8-13(19)17-3-5-20-6-4-17/h1-2,7H,3-6,8H2,(H,16,18). The van der Waals surface area contributed by atoms with Crippen molar-refractivity contribution in [2.75, 3.05) is 31.6 Å². The van der Waals surface area contributed by atoms with E-state index in [0.29, 0.717) is 26.3 Å². The lowest BCUT2D eigenvalue weighted by Crippen LogP contribution is -2.41. The van der Waals surface area contributed by atoms with Gasteiger partial charge in [-0.2, -0.15) is 0 Å². The number of hydrogen-bond acceptors (Lipinski definition) is 3. The van der Waals surface area contributed by atoms with Crippen molar-refractivity contribution in [1.82, 2.24) is 4.90 Å². The molecule has 0 aromatic heterocycles. The van der Waals surface area contributed by atoms with Crippen molar-refractivity contribution in [1.29, 1.82) is 0 Å². The summed E-state index contributed by atoms with van der Waals surface area (Å²) in [6.45, 7) is 1.82. The van der Waals surface area contributed by atoms with Gasteiger partial charge in [-0.3, -0.25) is 9.59 Å². The average Bonchev–Trinajstić information content (AvgIpc) is 2.44. The van der Waals surface area contributed by atoms with Gasteiger partial charge >= 0.3 is 0 Å². The number of rotatable bonds is 3. The normalized spacial score (nSPS) is 15.0. The van der Waals surface area contributed by atoms with Crippen LogP contribution in [0, 0.1) is 11.6 Å². The maximum absolute atomic E-state index is 13.0. The smallest absolute Gasteiger partial charge is 0.233 e. The Morgan fingerprint density at radius 2 is 1.90 bits per heavy atom. The number of morpholine rings is 1. The molecule has 0 spiro atoms. The summed E-state index contributed by atoms with van der Waals surface area (Å²) < 4.78 is 30.8. The van der Waals surface area contributed by atoms with Gasteiger partial charge in [0, 0.05) is 24.8 Å². The van der Waals surface area contributed by atoms with Gasteiger partial charge in [0.05, 0.1) is 13.2 Å². The molecule has 2 amide bonds. The Balaban J connectivity index is 1.88. The average molecular weight is 284 g/mol. The molecule has 108 valence electrons. The van der Waals surface area contributed by atoms with E-state index in [1.807, 2.05) is 0 Å². The fraction of sp³-hybridized carbons (Fsp3) is 0.385. The number of halogens is 2. The summed E-state index contributed by atoms with van der Waals surface area (Å²) in [7, 11) is 0. The Kier molecular flexibility index (Phi) is 4.62. The van der Waals surface area contributed by atoms with Crippen LogP contribution in [0.15, 0.2) is 18.2 Å². The molecule has 0 atom stereocenters. The highest BCUT2D eigenvalue weighted by Gasteiger charge is 2.19. The zero-order valence-electron chi connectivity index (χ0n) is 10.7. The molecule has 1 heterocycles. The fourth-order valence-corrected chi connectivity index (χ4v) is 1.84. The largest absolute Gasteiger partial charge is 0.378 e. The maximum Gasteiger partial charge on any atom is 0.233 e. The van der Waals surface area contributed by atoms with Gasteiger partial charge < -0.3 is 15.0 Å². The van der Waals surface area contributed by atoms with Crippen molar-refractivity contribution in [2.45, 2.75) is 6.42 Å². The van der Waals surface area contributed by atoms with Crippen LogP contribution in [0.4, 0.5) is 14.5 Å². The number of anilines is 1. The molecule has 0 saturated carbocycles. The van der Waals surface area contributed by atoms with Crippen molar-refractivity contribution < 1.29 is 23.1 Å². The van der Waals surface area contributed by atoms with Crippen molar-refractivity contribution in [3.8, 4) is 0 Å². The molecule has 0 bridgehead atoms. The molecule has 0 radical (unpaired) electrons. The van der Waals surface area contributed by atoms with Gasteiger partial charge in [-0.1, -0.05) is 0 Å². The summed E-state index contributed by atoms with van der Waals surface area (Å²) in [6.07, 6.45) is -0.334. The van der Waals surface area contributed by atoms with Crippen LogP contribution in [0.3, 0.4) is 0 Å². The van der Waals surface area contributed by atoms with Gasteiger partial charge in [0.1, 0.15) is 6.42 Å². The predicted octanol–water partition coefficient (Wildman–Crippen LogP) is 1.15. The van der Waals surface area contributed by atoms with E-state index in [0.717, 1.165) is 12.1 Å². The van der Waals surface area contributed by atoms with E-state index in [9.17, 15) is 18.4 Å². The van der Waals surface area contributed by atoms with Crippen LogP contribution in [0.2, 0.25) is 0 Å². The first kappa shape index (κ1) is 14.4. The lowest BCUT2D eigenvalue weighted by Gasteiger charge is -2.26. The molecule has 1 fully saturated rings. The highest BCUT2D eigenvalue weighted by Crippen LogP contribution is 2.13.